The van der Waals surface area contributed by atoms with E-state index in [1.54, 1.807) is 12.3 Å². The smallest absolute Gasteiger partial charge is 0.234 e. The summed E-state index contributed by atoms with van der Waals surface area (Å²) in [4.78, 5) is 12.2. The van der Waals surface area contributed by atoms with Crippen LogP contribution in [0, 0.1) is 5.82 Å². The van der Waals surface area contributed by atoms with Gasteiger partial charge in [-0.1, -0.05) is 27.7 Å². The number of carbonyl (C=O) groups excluding carboxylic acids is 1. The predicted octanol–water partition coefficient (Wildman–Crippen LogP) is 4.43. The molecule has 1 N–H and O–H groups in total. The SMILES string of the molecule is O=C(CSc1nnc(C2CC2)n1Cc1ccco1)Nc1ccc(Br)cc1F. The number of carbonyl (C=O) groups is 1. The summed E-state index contributed by atoms with van der Waals surface area (Å²) in [5.41, 5.74) is 0.152. The van der Waals surface area contributed by atoms with E-state index in [1.807, 2.05) is 16.7 Å². The fourth-order valence-corrected chi connectivity index (χ4v) is 3.74. The first-order valence-corrected chi connectivity index (χ1v) is 10.2. The quantitative estimate of drug-likeness (QED) is 0.539. The van der Waals surface area contributed by atoms with Crippen LogP contribution in [0.15, 0.2) is 50.6 Å². The average molecular weight is 451 g/mol. The molecule has 0 bridgehead atoms. The van der Waals surface area contributed by atoms with Gasteiger partial charge in [-0.15, -0.1) is 10.2 Å². The molecule has 1 aromatic carbocycles. The molecule has 27 heavy (non-hydrogen) atoms. The number of rotatable bonds is 7. The number of halogens is 2. The standard InChI is InChI=1S/C18H16BrFN4O2S/c19-12-5-6-15(14(20)8-12)21-16(25)10-27-18-23-22-17(11-3-4-11)24(18)9-13-2-1-7-26-13/h1-2,5-8,11H,3-4,9-10H2,(H,21,25). The molecule has 1 amide bonds. The van der Waals surface area contributed by atoms with Gasteiger partial charge < -0.3 is 9.73 Å². The van der Waals surface area contributed by atoms with Crippen LogP contribution >= 0.6 is 27.7 Å². The molecule has 0 spiro atoms. The van der Waals surface area contributed by atoms with Gasteiger partial charge in [-0.25, -0.2) is 4.39 Å². The Morgan fingerprint density at radius 2 is 2.22 bits per heavy atom. The molecule has 1 saturated carbocycles. The zero-order valence-corrected chi connectivity index (χ0v) is 16.6. The molecule has 0 radical (unpaired) electrons. The lowest BCUT2D eigenvalue weighted by molar-refractivity contribution is -0.113. The fraction of sp³-hybridized carbons (Fsp3) is 0.278. The summed E-state index contributed by atoms with van der Waals surface area (Å²) in [5.74, 6) is 1.47. The Labute approximate surface area is 167 Å². The molecule has 0 saturated heterocycles. The maximum atomic E-state index is 13.9. The molecule has 140 valence electrons. The molecular formula is C18H16BrFN4O2S. The normalized spacial score (nSPS) is 13.7. The molecule has 0 aliphatic heterocycles. The lowest BCUT2D eigenvalue weighted by Gasteiger charge is -2.09. The largest absolute Gasteiger partial charge is 0.467 e. The van der Waals surface area contributed by atoms with Crippen LogP contribution in [-0.4, -0.2) is 26.4 Å². The van der Waals surface area contributed by atoms with Gasteiger partial charge in [0.05, 0.1) is 24.2 Å². The lowest BCUT2D eigenvalue weighted by atomic mass is 10.3. The number of aromatic nitrogens is 3. The second-order valence-electron chi connectivity index (χ2n) is 6.24. The molecule has 1 aliphatic carbocycles. The van der Waals surface area contributed by atoms with Crippen molar-refractivity contribution < 1.29 is 13.6 Å². The number of nitrogens with one attached hydrogen (secondary N) is 1. The van der Waals surface area contributed by atoms with Crippen molar-refractivity contribution in [2.45, 2.75) is 30.5 Å². The number of nitrogens with zero attached hydrogens (tertiary/aromatic N) is 3. The molecule has 1 aliphatic rings. The topological polar surface area (TPSA) is 73.0 Å². The Hall–Kier alpha value is -2.13. The summed E-state index contributed by atoms with van der Waals surface area (Å²) >= 11 is 4.47. The van der Waals surface area contributed by atoms with Crippen LogP contribution in [0.1, 0.15) is 30.3 Å². The highest BCUT2D eigenvalue weighted by Gasteiger charge is 2.30. The van der Waals surface area contributed by atoms with Crippen molar-refractivity contribution in [2.75, 3.05) is 11.1 Å². The number of hydrogen-bond acceptors (Lipinski definition) is 5. The molecule has 6 nitrogen and oxygen atoms in total. The first kappa shape index (κ1) is 18.2. The van der Waals surface area contributed by atoms with Crippen molar-refractivity contribution in [3.8, 4) is 0 Å². The summed E-state index contributed by atoms with van der Waals surface area (Å²) in [6.45, 7) is 0.525. The Morgan fingerprint density at radius 1 is 1.37 bits per heavy atom. The van der Waals surface area contributed by atoms with Crippen LogP contribution in [-0.2, 0) is 11.3 Å². The van der Waals surface area contributed by atoms with E-state index >= 15 is 0 Å². The third kappa shape index (κ3) is 4.41. The Balaban J connectivity index is 1.43. The third-order valence-corrected chi connectivity index (χ3v) is 5.58. The van der Waals surface area contributed by atoms with Crippen molar-refractivity contribution in [1.82, 2.24) is 14.8 Å². The maximum absolute atomic E-state index is 13.9. The van der Waals surface area contributed by atoms with Crippen LogP contribution in [0.3, 0.4) is 0 Å². The molecule has 3 aromatic rings. The van der Waals surface area contributed by atoms with Gasteiger partial charge >= 0.3 is 0 Å². The summed E-state index contributed by atoms with van der Waals surface area (Å²) in [5, 5.41) is 11.8. The van der Waals surface area contributed by atoms with E-state index < -0.39 is 5.82 Å². The first-order chi connectivity index (χ1) is 13.1. The van der Waals surface area contributed by atoms with Gasteiger partial charge in [0, 0.05) is 10.4 Å². The number of furan rings is 1. The van der Waals surface area contributed by atoms with E-state index in [1.165, 1.54) is 23.9 Å². The number of hydrogen-bond donors (Lipinski definition) is 1. The van der Waals surface area contributed by atoms with Gasteiger partial charge in [-0.3, -0.25) is 9.36 Å². The van der Waals surface area contributed by atoms with Crippen LogP contribution in [0.5, 0.6) is 0 Å². The van der Waals surface area contributed by atoms with Crippen molar-refractivity contribution >= 4 is 39.3 Å². The van der Waals surface area contributed by atoms with Crippen LogP contribution < -0.4 is 5.32 Å². The Kier molecular flexibility index (Phi) is 5.31. The van der Waals surface area contributed by atoms with Gasteiger partial charge in [0.1, 0.15) is 17.4 Å². The van der Waals surface area contributed by atoms with E-state index in [9.17, 15) is 9.18 Å². The zero-order valence-electron chi connectivity index (χ0n) is 14.2. The summed E-state index contributed by atoms with van der Waals surface area (Å²) in [7, 11) is 0. The minimum Gasteiger partial charge on any atom is -0.467 e. The van der Waals surface area contributed by atoms with Crippen molar-refractivity contribution in [1.29, 1.82) is 0 Å². The molecular weight excluding hydrogens is 435 g/mol. The van der Waals surface area contributed by atoms with E-state index in [2.05, 4.69) is 31.4 Å². The van der Waals surface area contributed by atoms with E-state index in [-0.39, 0.29) is 17.3 Å². The van der Waals surface area contributed by atoms with Crippen molar-refractivity contribution in [3.05, 3.63) is 58.5 Å². The van der Waals surface area contributed by atoms with Crippen LogP contribution in [0.2, 0.25) is 0 Å². The number of amides is 1. The Bertz CT molecular complexity index is 956. The van der Waals surface area contributed by atoms with E-state index in [4.69, 9.17) is 4.42 Å². The second kappa shape index (κ2) is 7.85. The monoisotopic (exact) mass is 450 g/mol. The third-order valence-electron chi connectivity index (χ3n) is 4.12. The first-order valence-electron chi connectivity index (χ1n) is 8.43. The number of thioether (sulfide) groups is 1. The van der Waals surface area contributed by atoms with Gasteiger partial charge in [0.2, 0.25) is 5.91 Å². The average Bonchev–Trinajstić information content (AvgIpc) is 3.20. The van der Waals surface area contributed by atoms with Crippen LogP contribution in [0.25, 0.3) is 0 Å². The van der Waals surface area contributed by atoms with Crippen LogP contribution in [0.4, 0.5) is 10.1 Å². The highest BCUT2D eigenvalue weighted by Crippen LogP contribution is 2.40. The summed E-state index contributed by atoms with van der Waals surface area (Å²) < 4.78 is 21.9. The van der Waals surface area contributed by atoms with E-state index in [0.29, 0.717) is 22.1 Å². The second-order valence-corrected chi connectivity index (χ2v) is 8.10. The number of benzene rings is 1. The fourth-order valence-electron chi connectivity index (χ4n) is 2.66. The number of anilines is 1. The minimum atomic E-state index is -0.486. The molecule has 2 aromatic heterocycles. The maximum Gasteiger partial charge on any atom is 0.234 e. The molecule has 1 fully saturated rings. The van der Waals surface area contributed by atoms with Crippen molar-refractivity contribution in [3.63, 3.8) is 0 Å². The van der Waals surface area contributed by atoms with Gasteiger partial charge in [-0.05, 0) is 43.2 Å². The highest BCUT2D eigenvalue weighted by atomic mass is 79.9. The summed E-state index contributed by atoms with van der Waals surface area (Å²) in [6.07, 6.45) is 3.83. The van der Waals surface area contributed by atoms with Gasteiger partial charge in [-0.2, -0.15) is 0 Å². The van der Waals surface area contributed by atoms with Crippen molar-refractivity contribution in [2.24, 2.45) is 0 Å². The van der Waals surface area contributed by atoms with E-state index in [0.717, 1.165) is 24.4 Å². The molecule has 4 rings (SSSR count). The molecule has 9 heteroatoms. The molecule has 0 atom stereocenters. The highest BCUT2D eigenvalue weighted by molar-refractivity contribution is 9.10. The summed E-state index contributed by atoms with van der Waals surface area (Å²) in [6, 6.07) is 8.24. The zero-order chi connectivity index (χ0) is 18.8. The minimum absolute atomic E-state index is 0.108. The molecule has 0 unspecified atom stereocenters. The van der Waals surface area contributed by atoms with Gasteiger partial charge in [0.15, 0.2) is 5.16 Å². The Morgan fingerprint density at radius 3 is 2.93 bits per heavy atom. The lowest BCUT2D eigenvalue weighted by Crippen LogP contribution is -2.16. The van der Waals surface area contributed by atoms with Gasteiger partial charge in [0.25, 0.3) is 0 Å². The molecule has 2 heterocycles. The predicted molar refractivity (Wildman–Crippen MR) is 103 cm³/mol.